The van der Waals surface area contributed by atoms with Crippen LogP contribution in [0.15, 0.2) is 72.0 Å². The summed E-state index contributed by atoms with van der Waals surface area (Å²) in [7, 11) is 0. The molecule has 0 unspecified atom stereocenters. The number of cyclic esters (lactones) is 1. The van der Waals surface area contributed by atoms with Crippen LogP contribution in [0.25, 0.3) is 0 Å². The van der Waals surface area contributed by atoms with E-state index >= 15 is 0 Å². The van der Waals surface area contributed by atoms with E-state index in [1.165, 1.54) is 0 Å². The average molecular weight is 336 g/mol. The Morgan fingerprint density at radius 3 is 2.32 bits per heavy atom. The fourth-order valence-electron chi connectivity index (χ4n) is 2.98. The third-order valence-corrected chi connectivity index (χ3v) is 4.49. The van der Waals surface area contributed by atoms with Gasteiger partial charge >= 0.3 is 5.97 Å². The van der Waals surface area contributed by atoms with Crippen LogP contribution in [0.2, 0.25) is 0 Å². The van der Waals surface area contributed by atoms with E-state index in [0.29, 0.717) is 12.8 Å². The Morgan fingerprint density at radius 2 is 1.68 bits per heavy atom. The smallest absolute Gasteiger partial charge is 0.346 e. The van der Waals surface area contributed by atoms with Crippen LogP contribution in [-0.4, -0.2) is 23.0 Å². The summed E-state index contributed by atoms with van der Waals surface area (Å²) < 4.78 is 5.23. The predicted molar refractivity (Wildman–Crippen MR) is 94.2 cm³/mol. The number of ketones is 1. The Bertz CT molecular complexity index is 793. The van der Waals surface area contributed by atoms with Crippen molar-refractivity contribution < 1.29 is 19.4 Å². The highest BCUT2D eigenvalue weighted by Gasteiger charge is 2.39. The summed E-state index contributed by atoms with van der Waals surface area (Å²) in [6.45, 7) is 1.72. The van der Waals surface area contributed by atoms with Crippen molar-refractivity contribution in [2.75, 3.05) is 0 Å². The molecule has 2 aromatic carbocycles. The van der Waals surface area contributed by atoms with Gasteiger partial charge in [0, 0.05) is 5.92 Å². The van der Waals surface area contributed by atoms with Crippen LogP contribution < -0.4 is 0 Å². The quantitative estimate of drug-likeness (QED) is 0.645. The number of benzene rings is 2. The van der Waals surface area contributed by atoms with Crippen LogP contribution in [0.4, 0.5) is 0 Å². The predicted octanol–water partition coefficient (Wildman–Crippen LogP) is 3.73. The zero-order valence-electron chi connectivity index (χ0n) is 14.0. The number of Topliss-reactive ketones (excluding diaryl/α,β-unsaturated/α-hetero) is 1. The number of carbonyl (C=O) groups excluding carboxylic acids is 2. The number of hydrogen-bond donors (Lipinski definition) is 1. The summed E-state index contributed by atoms with van der Waals surface area (Å²) in [6, 6.07) is 18.9. The largest absolute Gasteiger partial charge is 0.507 e. The van der Waals surface area contributed by atoms with Gasteiger partial charge in [-0.3, -0.25) is 4.79 Å². The summed E-state index contributed by atoms with van der Waals surface area (Å²) in [5.74, 6) is -1.90. The molecule has 1 aliphatic rings. The lowest BCUT2D eigenvalue weighted by molar-refractivity contribution is -0.141. The van der Waals surface area contributed by atoms with Crippen LogP contribution in [0, 0.1) is 0 Å². The maximum atomic E-state index is 12.7. The number of ether oxygens (including phenoxy) is 1. The third-order valence-electron chi connectivity index (χ3n) is 4.49. The first-order valence-electron chi connectivity index (χ1n) is 8.35. The fraction of sp³-hybridized carbons (Fsp3) is 0.238. The molecule has 128 valence electrons. The minimum absolute atomic E-state index is 0.214. The van der Waals surface area contributed by atoms with Crippen molar-refractivity contribution in [3.63, 3.8) is 0 Å². The number of rotatable bonds is 6. The number of hydrogen-bond acceptors (Lipinski definition) is 4. The number of aliphatic hydroxyl groups is 1. The molecule has 2 atom stereocenters. The van der Waals surface area contributed by atoms with Gasteiger partial charge in [0.1, 0.15) is 5.57 Å². The van der Waals surface area contributed by atoms with E-state index < -0.39 is 23.8 Å². The molecule has 0 spiro atoms. The highest BCUT2D eigenvalue weighted by Crippen LogP contribution is 2.29. The molecule has 0 radical (unpaired) electrons. The highest BCUT2D eigenvalue weighted by atomic mass is 16.6. The molecule has 0 amide bonds. The fourth-order valence-corrected chi connectivity index (χ4v) is 2.98. The SMILES string of the molecule is C[C@@H](C(=O)C1=C(O)[C@H](CCc2ccccc2)OC1=O)c1ccccc1. The molecular formula is C21H20O4. The number of aryl methyl sites for hydroxylation is 1. The summed E-state index contributed by atoms with van der Waals surface area (Å²) in [5.41, 5.74) is 1.67. The van der Waals surface area contributed by atoms with E-state index in [0.717, 1.165) is 11.1 Å². The van der Waals surface area contributed by atoms with Crippen molar-refractivity contribution >= 4 is 11.8 Å². The molecule has 3 rings (SSSR count). The molecule has 1 N–H and O–H groups in total. The Labute approximate surface area is 146 Å². The van der Waals surface area contributed by atoms with Gasteiger partial charge in [-0.2, -0.15) is 0 Å². The minimum atomic E-state index is -0.755. The summed E-state index contributed by atoms with van der Waals surface area (Å²) in [4.78, 5) is 24.8. The third kappa shape index (κ3) is 3.63. The minimum Gasteiger partial charge on any atom is -0.507 e. The van der Waals surface area contributed by atoms with Gasteiger partial charge < -0.3 is 9.84 Å². The van der Waals surface area contributed by atoms with Crippen molar-refractivity contribution in [1.29, 1.82) is 0 Å². The first kappa shape index (κ1) is 17.0. The van der Waals surface area contributed by atoms with E-state index in [2.05, 4.69) is 0 Å². The van der Waals surface area contributed by atoms with Crippen molar-refractivity contribution in [2.45, 2.75) is 31.8 Å². The zero-order valence-corrected chi connectivity index (χ0v) is 14.0. The Hall–Kier alpha value is -2.88. The zero-order chi connectivity index (χ0) is 17.8. The van der Waals surface area contributed by atoms with Crippen molar-refractivity contribution in [1.82, 2.24) is 0 Å². The number of aliphatic hydroxyl groups excluding tert-OH is 1. The molecular weight excluding hydrogens is 316 g/mol. The molecule has 2 aromatic rings. The van der Waals surface area contributed by atoms with E-state index in [4.69, 9.17) is 4.74 Å². The van der Waals surface area contributed by atoms with Crippen molar-refractivity contribution in [3.05, 3.63) is 83.1 Å². The van der Waals surface area contributed by atoms with Crippen LogP contribution in [0.5, 0.6) is 0 Å². The van der Waals surface area contributed by atoms with Crippen LogP contribution in [-0.2, 0) is 20.7 Å². The standard InChI is InChI=1S/C21H20O4/c1-14(16-10-6-3-7-11-16)19(22)18-20(23)17(25-21(18)24)13-12-15-8-4-2-5-9-15/h2-11,14,17,23H,12-13H2,1H3/t14-,17+/m1/s1. The summed E-state index contributed by atoms with van der Waals surface area (Å²) >= 11 is 0. The average Bonchev–Trinajstić information content (AvgIpc) is 2.94. The van der Waals surface area contributed by atoms with Gasteiger partial charge in [0.25, 0.3) is 0 Å². The Kier molecular flexibility index (Phi) is 4.98. The topological polar surface area (TPSA) is 63.6 Å². The first-order chi connectivity index (χ1) is 12.1. The lowest BCUT2D eigenvalue weighted by atomic mass is 9.91. The lowest BCUT2D eigenvalue weighted by Gasteiger charge is -2.10. The summed E-state index contributed by atoms with van der Waals surface area (Å²) in [5, 5.41) is 10.4. The Morgan fingerprint density at radius 1 is 1.08 bits per heavy atom. The van der Waals surface area contributed by atoms with E-state index in [-0.39, 0.29) is 11.3 Å². The summed E-state index contributed by atoms with van der Waals surface area (Å²) in [6.07, 6.45) is 0.339. The molecule has 25 heavy (non-hydrogen) atoms. The van der Waals surface area contributed by atoms with E-state index in [1.54, 1.807) is 6.92 Å². The molecule has 0 fully saturated rings. The number of carbonyl (C=O) groups is 2. The van der Waals surface area contributed by atoms with Crippen LogP contribution in [0.3, 0.4) is 0 Å². The molecule has 0 saturated carbocycles. The molecule has 0 aliphatic carbocycles. The second-order valence-corrected chi connectivity index (χ2v) is 6.18. The second kappa shape index (κ2) is 7.34. The van der Waals surface area contributed by atoms with Gasteiger partial charge in [0.2, 0.25) is 0 Å². The van der Waals surface area contributed by atoms with Gasteiger partial charge in [-0.15, -0.1) is 0 Å². The van der Waals surface area contributed by atoms with Gasteiger partial charge in [0.15, 0.2) is 17.6 Å². The molecule has 0 bridgehead atoms. The van der Waals surface area contributed by atoms with Gasteiger partial charge in [-0.1, -0.05) is 67.6 Å². The van der Waals surface area contributed by atoms with Gasteiger partial charge in [0.05, 0.1) is 0 Å². The number of esters is 1. The van der Waals surface area contributed by atoms with Crippen LogP contribution >= 0.6 is 0 Å². The van der Waals surface area contributed by atoms with Crippen molar-refractivity contribution in [3.8, 4) is 0 Å². The van der Waals surface area contributed by atoms with Gasteiger partial charge in [-0.05, 0) is 24.0 Å². The molecule has 0 aromatic heterocycles. The molecule has 4 heteroatoms. The molecule has 1 aliphatic heterocycles. The van der Waals surface area contributed by atoms with Crippen LogP contribution in [0.1, 0.15) is 30.4 Å². The molecule has 1 heterocycles. The first-order valence-corrected chi connectivity index (χ1v) is 8.35. The highest BCUT2D eigenvalue weighted by molar-refractivity contribution is 6.21. The van der Waals surface area contributed by atoms with Gasteiger partial charge in [-0.25, -0.2) is 4.79 Å². The van der Waals surface area contributed by atoms with E-state index in [9.17, 15) is 14.7 Å². The maximum Gasteiger partial charge on any atom is 0.346 e. The molecule has 0 saturated heterocycles. The monoisotopic (exact) mass is 336 g/mol. The lowest BCUT2D eigenvalue weighted by Crippen LogP contribution is -2.17. The normalized spacial score (nSPS) is 18.1. The Balaban J connectivity index is 1.74. The molecule has 4 nitrogen and oxygen atoms in total. The maximum absolute atomic E-state index is 12.7. The van der Waals surface area contributed by atoms with Crippen molar-refractivity contribution in [2.24, 2.45) is 0 Å². The van der Waals surface area contributed by atoms with E-state index in [1.807, 2.05) is 60.7 Å². The second-order valence-electron chi connectivity index (χ2n) is 6.18.